The van der Waals surface area contributed by atoms with Crippen LogP contribution in [0.25, 0.3) is 0 Å². The van der Waals surface area contributed by atoms with Crippen LogP contribution in [-0.2, 0) is 13.2 Å². The Morgan fingerprint density at radius 3 is 2.75 bits per heavy atom. The van der Waals surface area contributed by atoms with Crippen molar-refractivity contribution in [1.29, 1.82) is 0 Å². The van der Waals surface area contributed by atoms with Crippen molar-refractivity contribution in [3.8, 4) is 0 Å². The predicted molar refractivity (Wildman–Crippen MR) is 62.0 cm³/mol. The molecule has 1 saturated heterocycles. The average molecular weight is 224 g/mol. The molecule has 1 aliphatic rings. The molecule has 2 heterocycles. The molecule has 1 unspecified atom stereocenters. The quantitative estimate of drug-likeness (QED) is 0.825. The summed E-state index contributed by atoms with van der Waals surface area (Å²) in [5, 5.41) is 8.91. The van der Waals surface area contributed by atoms with E-state index in [1.165, 1.54) is 6.42 Å². The Hall–Kier alpha value is -0.840. The lowest BCUT2D eigenvalue weighted by Gasteiger charge is -2.19. The molecule has 4 nitrogen and oxygen atoms in total. The molecule has 0 bridgehead atoms. The highest BCUT2D eigenvalue weighted by Crippen LogP contribution is 2.17. The van der Waals surface area contributed by atoms with Gasteiger partial charge in [-0.15, -0.1) is 0 Å². The minimum atomic E-state index is -0.0136. The van der Waals surface area contributed by atoms with E-state index in [-0.39, 0.29) is 6.61 Å². The van der Waals surface area contributed by atoms with Gasteiger partial charge in [0.05, 0.1) is 6.54 Å². The van der Waals surface area contributed by atoms with E-state index in [1.54, 1.807) is 0 Å². The lowest BCUT2D eigenvalue weighted by atomic mass is 10.2. The summed E-state index contributed by atoms with van der Waals surface area (Å²) in [4.78, 5) is 4.67. The van der Waals surface area contributed by atoms with Crippen molar-refractivity contribution < 1.29 is 9.52 Å². The Bertz CT molecular complexity index is 336. The van der Waals surface area contributed by atoms with Crippen molar-refractivity contribution in [3.05, 3.63) is 23.7 Å². The standard InChI is InChI=1S/C12H20N2O2/c1-13(2)10-5-6-14(7-10)8-11-3-4-12(9-15)16-11/h3-4,10,15H,5-9H2,1-2H3. The van der Waals surface area contributed by atoms with Crippen molar-refractivity contribution in [2.75, 3.05) is 27.2 Å². The van der Waals surface area contributed by atoms with E-state index in [0.29, 0.717) is 11.8 Å². The summed E-state index contributed by atoms with van der Waals surface area (Å²) in [6.45, 7) is 3.06. The fraction of sp³-hybridized carbons (Fsp3) is 0.667. The summed E-state index contributed by atoms with van der Waals surface area (Å²) >= 11 is 0. The molecule has 1 N–H and O–H groups in total. The highest BCUT2D eigenvalue weighted by molar-refractivity contribution is 5.06. The zero-order valence-electron chi connectivity index (χ0n) is 10.0. The predicted octanol–water partition coefficient (Wildman–Crippen LogP) is 0.908. The maximum absolute atomic E-state index is 8.91. The molecule has 1 atom stereocenters. The Labute approximate surface area is 96.5 Å². The first kappa shape index (κ1) is 11.6. The Balaban J connectivity index is 1.87. The second kappa shape index (κ2) is 4.99. The van der Waals surface area contributed by atoms with Gasteiger partial charge in [0.1, 0.15) is 18.1 Å². The number of aliphatic hydroxyl groups is 1. The number of nitrogens with zero attached hydrogens (tertiary/aromatic N) is 2. The van der Waals surface area contributed by atoms with Crippen LogP contribution in [0, 0.1) is 0 Å². The van der Waals surface area contributed by atoms with Crippen molar-refractivity contribution in [1.82, 2.24) is 9.80 Å². The number of hydrogen-bond acceptors (Lipinski definition) is 4. The van der Waals surface area contributed by atoms with Gasteiger partial charge in [-0.2, -0.15) is 0 Å². The number of likely N-dealkylation sites (N-methyl/N-ethyl adjacent to an activating group) is 1. The van der Waals surface area contributed by atoms with Crippen LogP contribution in [0.15, 0.2) is 16.5 Å². The zero-order valence-corrected chi connectivity index (χ0v) is 10.0. The molecule has 0 spiro atoms. The summed E-state index contributed by atoms with van der Waals surface area (Å²) in [6.07, 6.45) is 1.22. The van der Waals surface area contributed by atoms with Gasteiger partial charge in [-0.1, -0.05) is 0 Å². The maximum atomic E-state index is 8.91. The molecule has 1 aromatic heterocycles. The van der Waals surface area contributed by atoms with Gasteiger partial charge in [-0.05, 0) is 32.6 Å². The molecule has 1 aliphatic heterocycles. The van der Waals surface area contributed by atoms with Crippen molar-refractivity contribution in [2.45, 2.75) is 25.6 Å². The van der Waals surface area contributed by atoms with Gasteiger partial charge in [0.25, 0.3) is 0 Å². The van der Waals surface area contributed by atoms with Gasteiger partial charge in [0, 0.05) is 19.1 Å². The van der Waals surface area contributed by atoms with E-state index in [4.69, 9.17) is 9.52 Å². The average Bonchev–Trinajstić information content (AvgIpc) is 2.87. The van der Waals surface area contributed by atoms with Gasteiger partial charge in [-0.25, -0.2) is 0 Å². The summed E-state index contributed by atoms with van der Waals surface area (Å²) in [7, 11) is 4.26. The van der Waals surface area contributed by atoms with Crippen LogP contribution in [0.2, 0.25) is 0 Å². The molecule has 4 heteroatoms. The molecule has 16 heavy (non-hydrogen) atoms. The van der Waals surface area contributed by atoms with E-state index in [2.05, 4.69) is 23.9 Å². The summed E-state index contributed by atoms with van der Waals surface area (Å²) in [5.41, 5.74) is 0. The molecule has 2 rings (SSSR count). The molecule has 0 amide bonds. The first-order valence-corrected chi connectivity index (χ1v) is 5.76. The van der Waals surface area contributed by atoms with Gasteiger partial charge in [0.2, 0.25) is 0 Å². The normalized spacial score (nSPS) is 22.1. The second-order valence-electron chi connectivity index (χ2n) is 4.67. The lowest BCUT2D eigenvalue weighted by molar-refractivity contribution is 0.225. The maximum Gasteiger partial charge on any atom is 0.129 e. The minimum absolute atomic E-state index is 0.0136. The largest absolute Gasteiger partial charge is 0.462 e. The smallest absolute Gasteiger partial charge is 0.129 e. The molecular formula is C12H20N2O2. The molecule has 0 aromatic carbocycles. The number of likely N-dealkylation sites (tertiary alicyclic amines) is 1. The lowest BCUT2D eigenvalue weighted by Crippen LogP contribution is -2.31. The van der Waals surface area contributed by atoms with E-state index >= 15 is 0 Å². The SMILES string of the molecule is CN(C)C1CCN(Cc2ccc(CO)o2)C1. The highest BCUT2D eigenvalue weighted by atomic mass is 16.4. The van der Waals surface area contributed by atoms with Crippen LogP contribution in [0.4, 0.5) is 0 Å². The van der Waals surface area contributed by atoms with Crippen LogP contribution < -0.4 is 0 Å². The van der Waals surface area contributed by atoms with E-state index < -0.39 is 0 Å². The zero-order chi connectivity index (χ0) is 11.5. The molecule has 0 radical (unpaired) electrons. The topological polar surface area (TPSA) is 39.9 Å². The molecule has 0 saturated carbocycles. The van der Waals surface area contributed by atoms with E-state index in [9.17, 15) is 0 Å². The van der Waals surface area contributed by atoms with Gasteiger partial charge >= 0.3 is 0 Å². The van der Waals surface area contributed by atoms with Crippen LogP contribution in [0.1, 0.15) is 17.9 Å². The van der Waals surface area contributed by atoms with Gasteiger partial charge in [0.15, 0.2) is 0 Å². The Kier molecular flexibility index (Phi) is 3.63. The molecular weight excluding hydrogens is 204 g/mol. The minimum Gasteiger partial charge on any atom is -0.462 e. The van der Waals surface area contributed by atoms with Crippen molar-refractivity contribution >= 4 is 0 Å². The fourth-order valence-corrected chi connectivity index (χ4v) is 2.19. The first-order valence-electron chi connectivity index (χ1n) is 5.76. The second-order valence-corrected chi connectivity index (χ2v) is 4.67. The number of rotatable bonds is 4. The number of furan rings is 1. The first-order chi connectivity index (χ1) is 7.69. The van der Waals surface area contributed by atoms with E-state index in [1.807, 2.05) is 12.1 Å². The Morgan fingerprint density at radius 2 is 2.19 bits per heavy atom. The Morgan fingerprint density at radius 1 is 1.44 bits per heavy atom. The number of aliphatic hydroxyl groups excluding tert-OH is 1. The van der Waals surface area contributed by atoms with Crippen molar-refractivity contribution in [2.24, 2.45) is 0 Å². The van der Waals surface area contributed by atoms with Crippen LogP contribution >= 0.6 is 0 Å². The van der Waals surface area contributed by atoms with Crippen LogP contribution in [-0.4, -0.2) is 48.1 Å². The van der Waals surface area contributed by atoms with Crippen LogP contribution in [0.3, 0.4) is 0 Å². The fourth-order valence-electron chi connectivity index (χ4n) is 2.19. The van der Waals surface area contributed by atoms with Gasteiger partial charge in [-0.3, -0.25) is 4.90 Å². The van der Waals surface area contributed by atoms with Crippen molar-refractivity contribution in [3.63, 3.8) is 0 Å². The molecule has 1 fully saturated rings. The summed E-state index contributed by atoms with van der Waals surface area (Å²) < 4.78 is 5.49. The highest BCUT2D eigenvalue weighted by Gasteiger charge is 2.24. The third-order valence-corrected chi connectivity index (χ3v) is 3.23. The third kappa shape index (κ3) is 2.64. The third-order valence-electron chi connectivity index (χ3n) is 3.23. The molecule has 1 aromatic rings. The van der Waals surface area contributed by atoms with Gasteiger partial charge < -0.3 is 14.4 Å². The number of hydrogen-bond donors (Lipinski definition) is 1. The summed E-state index contributed by atoms with van der Waals surface area (Å²) in [6, 6.07) is 4.45. The molecule has 90 valence electrons. The summed E-state index contributed by atoms with van der Waals surface area (Å²) in [5.74, 6) is 1.60. The monoisotopic (exact) mass is 224 g/mol. The molecule has 0 aliphatic carbocycles. The van der Waals surface area contributed by atoms with E-state index in [0.717, 1.165) is 25.4 Å². The van der Waals surface area contributed by atoms with Crippen LogP contribution in [0.5, 0.6) is 0 Å².